The highest BCUT2D eigenvalue weighted by atomic mass is 19.1. The van der Waals surface area contributed by atoms with Crippen LogP contribution in [0.15, 0.2) is 60.7 Å². The van der Waals surface area contributed by atoms with Crippen LogP contribution in [0.4, 0.5) is 15.8 Å². The van der Waals surface area contributed by atoms with Crippen LogP contribution in [0.2, 0.25) is 0 Å². The summed E-state index contributed by atoms with van der Waals surface area (Å²) in [5.41, 5.74) is 1.71. The monoisotopic (exact) mass is 436 g/mol. The van der Waals surface area contributed by atoms with Gasteiger partial charge in [-0.2, -0.15) is 0 Å². The van der Waals surface area contributed by atoms with Crippen LogP contribution in [-0.4, -0.2) is 21.9 Å². The van der Waals surface area contributed by atoms with Crippen molar-refractivity contribution >= 4 is 23.3 Å². The minimum absolute atomic E-state index is 0.0383. The van der Waals surface area contributed by atoms with Gasteiger partial charge in [-0.15, -0.1) is 0 Å². The third-order valence-electron chi connectivity index (χ3n) is 5.12. The molecule has 3 rings (SSSR count). The van der Waals surface area contributed by atoms with Crippen LogP contribution < -0.4 is 5.32 Å². The first-order valence-electron chi connectivity index (χ1n) is 9.99. The van der Waals surface area contributed by atoms with E-state index in [4.69, 9.17) is 0 Å². The molecule has 0 radical (unpaired) electrons. The summed E-state index contributed by atoms with van der Waals surface area (Å²) in [5, 5.41) is 23.3. The van der Waals surface area contributed by atoms with Crippen LogP contribution in [-0.2, 0) is 17.6 Å². The Balaban J connectivity index is 1.74. The number of rotatable bonds is 8. The lowest BCUT2D eigenvalue weighted by Gasteiger charge is -2.13. The number of nitro benzene ring substituents is 1. The van der Waals surface area contributed by atoms with Gasteiger partial charge in [-0.25, -0.2) is 9.18 Å². The van der Waals surface area contributed by atoms with Crippen LogP contribution in [0.25, 0.3) is 11.1 Å². The summed E-state index contributed by atoms with van der Waals surface area (Å²) in [4.78, 5) is 34.7. The summed E-state index contributed by atoms with van der Waals surface area (Å²) < 4.78 is 13.9. The lowest BCUT2D eigenvalue weighted by atomic mass is 10.0. The van der Waals surface area contributed by atoms with Gasteiger partial charge in [-0.3, -0.25) is 14.9 Å². The minimum Gasteiger partial charge on any atom is -0.478 e. The smallest absolute Gasteiger partial charge is 0.336 e. The molecule has 0 atom stereocenters. The normalized spacial score (nSPS) is 10.6. The Morgan fingerprint density at radius 1 is 1.06 bits per heavy atom. The van der Waals surface area contributed by atoms with Crippen molar-refractivity contribution in [3.63, 3.8) is 0 Å². The van der Waals surface area contributed by atoms with Gasteiger partial charge in [0, 0.05) is 18.1 Å². The van der Waals surface area contributed by atoms with E-state index in [0.717, 1.165) is 11.6 Å². The van der Waals surface area contributed by atoms with Gasteiger partial charge in [-0.05, 0) is 41.7 Å². The fourth-order valence-electron chi connectivity index (χ4n) is 3.50. The molecule has 0 saturated carbocycles. The lowest BCUT2D eigenvalue weighted by Crippen LogP contribution is -2.17. The van der Waals surface area contributed by atoms with Crippen molar-refractivity contribution in [3.8, 4) is 11.1 Å². The Labute approximate surface area is 183 Å². The number of nitrogens with zero attached hydrogens (tertiary/aromatic N) is 1. The number of halogens is 1. The zero-order valence-electron chi connectivity index (χ0n) is 17.3. The quantitative estimate of drug-likeness (QED) is 0.371. The Morgan fingerprint density at radius 3 is 2.34 bits per heavy atom. The second kappa shape index (κ2) is 9.82. The van der Waals surface area contributed by atoms with Gasteiger partial charge in [-0.1, -0.05) is 49.4 Å². The zero-order chi connectivity index (χ0) is 23.3. The standard InChI is InChI=1S/C24H21FN2O5/c1-2-17-19(24(29)30)12-13-21(27(31)32)23(17)26-22(28)14-9-15-7-10-16(11-8-15)18-5-3-4-6-20(18)25/h3-8,10-13H,2,9,14H2,1H3,(H,26,28)(H,29,30). The second-order valence-electron chi connectivity index (χ2n) is 7.13. The number of carbonyl (C=O) groups excluding carboxylic acids is 1. The molecule has 0 fully saturated rings. The van der Waals surface area contributed by atoms with E-state index >= 15 is 0 Å². The minimum atomic E-state index is -1.22. The largest absolute Gasteiger partial charge is 0.478 e. The Morgan fingerprint density at radius 2 is 1.75 bits per heavy atom. The predicted octanol–water partition coefficient (Wildman–Crippen LogP) is 5.23. The molecule has 0 bridgehead atoms. The molecule has 3 aromatic rings. The summed E-state index contributed by atoms with van der Waals surface area (Å²) in [6.07, 6.45) is 0.602. The summed E-state index contributed by atoms with van der Waals surface area (Å²) >= 11 is 0. The molecule has 0 aliphatic rings. The average molecular weight is 436 g/mol. The van der Waals surface area contributed by atoms with Gasteiger partial charge in [0.2, 0.25) is 5.91 Å². The van der Waals surface area contributed by atoms with Crippen LogP contribution in [0.3, 0.4) is 0 Å². The molecular weight excluding hydrogens is 415 g/mol. The number of aromatic carboxylic acids is 1. The molecule has 7 nitrogen and oxygen atoms in total. The topological polar surface area (TPSA) is 110 Å². The highest BCUT2D eigenvalue weighted by molar-refractivity contribution is 5.98. The Bertz CT molecular complexity index is 1180. The maximum Gasteiger partial charge on any atom is 0.336 e. The van der Waals surface area contributed by atoms with Crippen molar-refractivity contribution in [2.45, 2.75) is 26.2 Å². The van der Waals surface area contributed by atoms with Gasteiger partial charge in [0.05, 0.1) is 10.5 Å². The van der Waals surface area contributed by atoms with E-state index in [9.17, 15) is 29.2 Å². The maximum absolute atomic E-state index is 13.9. The van der Waals surface area contributed by atoms with Gasteiger partial charge in [0.25, 0.3) is 5.69 Å². The number of nitrogens with one attached hydrogen (secondary N) is 1. The number of hydrogen-bond donors (Lipinski definition) is 2. The molecule has 0 saturated heterocycles. The van der Waals surface area contributed by atoms with Crippen molar-refractivity contribution in [2.75, 3.05) is 5.32 Å². The molecular formula is C24H21FN2O5. The molecule has 164 valence electrons. The number of carboxylic acid groups (broad SMARTS) is 1. The number of aryl methyl sites for hydroxylation is 1. The van der Waals surface area contributed by atoms with E-state index in [0.29, 0.717) is 17.5 Å². The highest BCUT2D eigenvalue weighted by Gasteiger charge is 2.24. The molecule has 32 heavy (non-hydrogen) atoms. The van der Waals surface area contributed by atoms with E-state index in [1.807, 2.05) is 0 Å². The Kier molecular flexibility index (Phi) is 6.94. The van der Waals surface area contributed by atoms with E-state index < -0.39 is 16.8 Å². The summed E-state index contributed by atoms with van der Waals surface area (Å²) in [5.74, 6) is -2.01. The third-order valence-corrected chi connectivity index (χ3v) is 5.12. The first-order chi connectivity index (χ1) is 15.3. The van der Waals surface area contributed by atoms with Gasteiger partial charge < -0.3 is 10.4 Å². The molecule has 2 N–H and O–H groups in total. The van der Waals surface area contributed by atoms with Gasteiger partial charge in [0.1, 0.15) is 11.5 Å². The van der Waals surface area contributed by atoms with E-state index in [2.05, 4.69) is 5.32 Å². The number of anilines is 1. The number of hydrogen-bond acceptors (Lipinski definition) is 4. The number of amides is 1. The van der Waals surface area contributed by atoms with Crippen molar-refractivity contribution in [3.05, 3.63) is 93.3 Å². The maximum atomic E-state index is 13.9. The number of carbonyl (C=O) groups is 2. The zero-order valence-corrected chi connectivity index (χ0v) is 17.3. The van der Waals surface area contributed by atoms with Crippen molar-refractivity contribution in [1.29, 1.82) is 0 Å². The van der Waals surface area contributed by atoms with Crippen LogP contribution in [0, 0.1) is 15.9 Å². The van der Waals surface area contributed by atoms with Gasteiger partial charge in [0.15, 0.2) is 0 Å². The number of nitro groups is 1. The molecule has 0 aliphatic heterocycles. The average Bonchev–Trinajstić information content (AvgIpc) is 2.77. The van der Waals surface area contributed by atoms with E-state index in [-0.39, 0.29) is 41.2 Å². The number of carboxylic acids is 1. The first kappa shape index (κ1) is 22.6. The second-order valence-corrected chi connectivity index (χ2v) is 7.13. The van der Waals surface area contributed by atoms with Crippen LogP contribution in [0.1, 0.15) is 34.8 Å². The third kappa shape index (κ3) is 4.97. The van der Waals surface area contributed by atoms with Gasteiger partial charge >= 0.3 is 5.97 Å². The molecule has 0 spiro atoms. The molecule has 0 unspecified atom stereocenters. The molecule has 0 heterocycles. The fourth-order valence-corrected chi connectivity index (χ4v) is 3.50. The highest BCUT2D eigenvalue weighted by Crippen LogP contribution is 2.32. The SMILES string of the molecule is CCc1c(C(=O)O)ccc([N+](=O)[O-])c1NC(=O)CCc1ccc(-c2ccccc2F)cc1. The molecule has 8 heteroatoms. The van der Waals surface area contributed by atoms with Crippen molar-refractivity contribution < 1.29 is 24.0 Å². The van der Waals surface area contributed by atoms with Crippen molar-refractivity contribution in [2.24, 2.45) is 0 Å². The van der Waals surface area contributed by atoms with E-state index in [1.54, 1.807) is 49.4 Å². The summed E-state index contributed by atoms with van der Waals surface area (Å²) in [6, 6.07) is 15.8. The first-order valence-corrected chi connectivity index (χ1v) is 9.99. The van der Waals surface area contributed by atoms with E-state index in [1.165, 1.54) is 12.1 Å². The predicted molar refractivity (Wildman–Crippen MR) is 118 cm³/mol. The molecule has 0 aromatic heterocycles. The lowest BCUT2D eigenvalue weighted by molar-refractivity contribution is -0.384. The fraction of sp³-hybridized carbons (Fsp3) is 0.167. The van der Waals surface area contributed by atoms with Crippen LogP contribution in [0.5, 0.6) is 0 Å². The molecule has 1 amide bonds. The summed E-state index contributed by atoms with van der Waals surface area (Å²) in [7, 11) is 0. The molecule has 3 aromatic carbocycles. The van der Waals surface area contributed by atoms with Crippen molar-refractivity contribution in [1.82, 2.24) is 0 Å². The number of benzene rings is 3. The Hall–Kier alpha value is -4.07. The summed E-state index contributed by atoms with van der Waals surface area (Å²) in [6.45, 7) is 1.66. The van der Waals surface area contributed by atoms with Crippen LogP contribution >= 0.6 is 0 Å². The molecule has 0 aliphatic carbocycles.